The molecule has 1 aromatic carbocycles. The van der Waals surface area contributed by atoms with Crippen molar-refractivity contribution in [1.82, 2.24) is 0 Å². The molecule has 0 radical (unpaired) electrons. The highest BCUT2D eigenvalue weighted by Gasteiger charge is 2.00. The van der Waals surface area contributed by atoms with Gasteiger partial charge in [-0.3, -0.25) is 0 Å². The van der Waals surface area contributed by atoms with Gasteiger partial charge < -0.3 is 5.11 Å². The lowest BCUT2D eigenvalue weighted by atomic mass is 10.0. The van der Waals surface area contributed by atoms with Gasteiger partial charge in [-0.25, -0.2) is 0 Å². The molecule has 0 aliphatic rings. The largest absolute Gasteiger partial charge is 0.508 e. The monoisotopic (exact) mass is 146 g/mol. The molecule has 1 nitrogen and oxygen atoms in total. The van der Waals surface area contributed by atoms with E-state index in [0.717, 1.165) is 16.7 Å². The van der Waals surface area contributed by atoms with Crippen LogP contribution in [0.2, 0.25) is 0 Å². The first-order valence-electron chi connectivity index (χ1n) is 3.42. The summed E-state index contributed by atoms with van der Waals surface area (Å²) in [6.45, 7) is 3.78. The molecule has 0 unspecified atom stereocenters. The number of benzene rings is 1. The average Bonchev–Trinajstić information content (AvgIpc) is 1.85. The highest BCUT2D eigenvalue weighted by molar-refractivity contribution is 5.48. The quantitative estimate of drug-likeness (QED) is 0.555. The van der Waals surface area contributed by atoms with Crippen molar-refractivity contribution in [2.75, 3.05) is 0 Å². The van der Waals surface area contributed by atoms with E-state index < -0.39 is 0 Å². The number of aryl methyl sites for hydroxylation is 2. The maximum Gasteiger partial charge on any atom is 0.116 e. The smallest absolute Gasteiger partial charge is 0.116 e. The number of aromatic hydroxyl groups is 1. The molecule has 0 saturated carbocycles. The summed E-state index contributed by atoms with van der Waals surface area (Å²) in [7, 11) is 0. The molecular formula is C10H10O. The van der Waals surface area contributed by atoms with Crippen LogP contribution in [0.15, 0.2) is 12.1 Å². The van der Waals surface area contributed by atoms with E-state index in [1.54, 1.807) is 12.1 Å². The Labute approximate surface area is 66.7 Å². The molecule has 0 atom stereocenters. The van der Waals surface area contributed by atoms with Gasteiger partial charge in [0.05, 0.1) is 0 Å². The number of phenols is 1. The van der Waals surface area contributed by atoms with Crippen LogP contribution in [0.5, 0.6) is 5.75 Å². The van der Waals surface area contributed by atoms with Crippen molar-refractivity contribution in [2.45, 2.75) is 13.8 Å². The minimum absolute atomic E-state index is 0.277. The second-order valence-electron chi connectivity index (χ2n) is 2.60. The van der Waals surface area contributed by atoms with Gasteiger partial charge in [0, 0.05) is 5.56 Å². The van der Waals surface area contributed by atoms with E-state index in [4.69, 9.17) is 11.5 Å². The van der Waals surface area contributed by atoms with Crippen LogP contribution in [0.25, 0.3) is 0 Å². The Hall–Kier alpha value is -1.42. The van der Waals surface area contributed by atoms with E-state index in [2.05, 4.69) is 5.92 Å². The fraction of sp³-hybridized carbons (Fsp3) is 0.200. The summed E-state index contributed by atoms with van der Waals surface area (Å²) in [6.07, 6.45) is 5.27. The van der Waals surface area contributed by atoms with Gasteiger partial charge in [-0.2, -0.15) is 0 Å². The first kappa shape index (κ1) is 7.68. The Morgan fingerprint density at radius 2 is 1.73 bits per heavy atom. The highest BCUT2D eigenvalue weighted by Crippen LogP contribution is 2.19. The van der Waals surface area contributed by atoms with Gasteiger partial charge in [-0.15, -0.1) is 6.42 Å². The third-order valence-corrected chi connectivity index (χ3v) is 1.66. The molecule has 0 aliphatic heterocycles. The van der Waals surface area contributed by atoms with Crippen molar-refractivity contribution < 1.29 is 5.11 Å². The fourth-order valence-corrected chi connectivity index (χ4v) is 1.17. The Morgan fingerprint density at radius 3 is 2.09 bits per heavy atom. The van der Waals surface area contributed by atoms with Gasteiger partial charge >= 0.3 is 0 Å². The van der Waals surface area contributed by atoms with Gasteiger partial charge in [0.1, 0.15) is 5.75 Å². The number of terminal acetylenes is 1. The molecule has 56 valence electrons. The molecule has 0 bridgehead atoms. The van der Waals surface area contributed by atoms with E-state index in [1.807, 2.05) is 13.8 Å². The van der Waals surface area contributed by atoms with E-state index >= 15 is 0 Å². The van der Waals surface area contributed by atoms with Crippen molar-refractivity contribution in [2.24, 2.45) is 0 Å². The zero-order valence-corrected chi connectivity index (χ0v) is 6.68. The normalized spacial score (nSPS) is 9.18. The first-order chi connectivity index (χ1) is 5.15. The molecule has 1 N–H and O–H groups in total. The van der Waals surface area contributed by atoms with Gasteiger partial charge in [-0.1, -0.05) is 5.92 Å². The van der Waals surface area contributed by atoms with E-state index in [-0.39, 0.29) is 5.75 Å². The van der Waals surface area contributed by atoms with Crippen LogP contribution in [0.1, 0.15) is 16.7 Å². The second-order valence-corrected chi connectivity index (χ2v) is 2.60. The van der Waals surface area contributed by atoms with Crippen molar-refractivity contribution in [1.29, 1.82) is 0 Å². The number of hydrogen-bond acceptors (Lipinski definition) is 1. The SMILES string of the molecule is C#Cc1c(C)cc(O)cc1C. The molecule has 1 heteroatoms. The summed E-state index contributed by atoms with van der Waals surface area (Å²) in [6, 6.07) is 3.34. The zero-order valence-electron chi connectivity index (χ0n) is 6.68. The van der Waals surface area contributed by atoms with Crippen molar-refractivity contribution in [3.8, 4) is 18.1 Å². The van der Waals surface area contributed by atoms with Crippen LogP contribution >= 0.6 is 0 Å². The Bertz CT molecular complexity index is 295. The van der Waals surface area contributed by atoms with Crippen LogP contribution in [0, 0.1) is 26.2 Å². The lowest BCUT2D eigenvalue weighted by Crippen LogP contribution is -1.86. The van der Waals surface area contributed by atoms with E-state index in [1.165, 1.54) is 0 Å². The molecule has 1 rings (SSSR count). The van der Waals surface area contributed by atoms with Gasteiger partial charge in [-0.05, 0) is 37.1 Å². The zero-order chi connectivity index (χ0) is 8.43. The highest BCUT2D eigenvalue weighted by atomic mass is 16.3. The van der Waals surface area contributed by atoms with Crippen LogP contribution in [0.3, 0.4) is 0 Å². The molecule has 0 spiro atoms. The van der Waals surface area contributed by atoms with Crippen molar-refractivity contribution in [3.63, 3.8) is 0 Å². The maximum absolute atomic E-state index is 9.15. The summed E-state index contributed by atoms with van der Waals surface area (Å²) in [4.78, 5) is 0. The minimum atomic E-state index is 0.277. The van der Waals surface area contributed by atoms with Crippen LogP contribution in [0.4, 0.5) is 0 Å². The van der Waals surface area contributed by atoms with Crippen LogP contribution in [-0.2, 0) is 0 Å². The lowest BCUT2D eigenvalue weighted by molar-refractivity contribution is 0.474. The van der Waals surface area contributed by atoms with Crippen molar-refractivity contribution in [3.05, 3.63) is 28.8 Å². The summed E-state index contributed by atoms with van der Waals surface area (Å²) < 4.78 is 0. The summed E-state index contributed by atoms with van der Waals surface area (Å²) >= 11 is 0. The molecule has 11 heavy (non-hydrogen) atoms. The van der Waals surface area contributed by atoms with E-state index in [0.29, 0.717) is 0 Å². The molecule has 0 fully saturated rings. The van der Waals surface area contributed by atoms with Crippen LogP contribution in [-0.4, -0.2) is 5.11 Å². The maximum atomic E-state index is 9.15. The predicted molar refractivity (Wildman–Crippen MR) is 45.5 cm³/mol. The molecule has 0 saturated heterocycles. The number of rotatable bonds is 0. The number of hydrogen-bond donors (Lipinski definition) is 1. The third-order valence-electron chi connectivity index (χ3n) is 1.66. The Morgan fingerprint density at radius 1 is 1.27 bits per heavy atom. The topological polar surface area (TPSA) is 20.2 Å². The molecule has 1 aromatic rings. The summed E-state index contributed by atoms with van der Waals surface area (Å²) in [5, 5.41) is 9.15. The van der Waals surface area contributed by atoms with Gasteiger partial charge in [0.2, 0.25) is 0 Å². The molecule has 0 aromatic heterocycles. The number of phenolic OH excluding ortho intramolecular Hbond substituents is 1. The molecular weight excluding hydrogens is 136 g/mol. The van der Waals surface area contributed by atoms with Crippen LogP contribution < -0.4 is 0 Å². The van der Waals surface area contributed by atoms with Gasteiger partial charge in [0.25, 0.3) is 0 Å². The average molecular weight is 146 g/mol. The second kappa shape index (κ2) is 2.67. The third kappa shape index (κ3) is 1.35. The standard InChI is InChI=1S/C10H10O/c1-4-10-7(2)5-9(11)6-8(10)3/h1,5-6,11H,2-3H3. The first-order valence-corrected chi connectivity index (χ1v) is 3.42. The fourth-order valence-electron chi connectivity index (χ4n) is 1.17. The summed E-state index contributed by atoms with van der Waals surface area (Å²) in [5.41, 5.74) is 2.78. The summed E-state index contributed by atoms with van der Waals surface area (Å²) in [5.74, 6) is 2.86. The minimum Gasteiger partial charge on any atom is -0.508 e. The lowest BCUT2D eigenvalue weighted by Gasteiger charge is -2.02. The molecule has 0 amide bonds. The molecule has 0 heterocycles. The molecule has 0 aliphatic carbocycles. The van der Waals surface area contributed by atoms with Crippen molar-refractivity contribution >= 4 is 0 Å². The Kier molecular flexibility index (Phi) is 1.87. The van der Waals surface area contributed by atoms with Gasteiger partial charge in [0.15, 0.2) is 0 Å². The Balaban J connectivity index is 3.40. The van der Waals surface area contributed by atoms with E-state index in [9.17, 15) is 0 Å². The predicted octanol–water partition coefficient (Wildman–Crippen LogP) is 1.99.